The zero-order valence-corrected chi connectivity index (χ0v) is 28.1. The molecule has 0 saturated heterocycles. The van der Waals surface area contributed by atoms with Gasteiger partial charge in [0.1, 0.15) is 13.4 Å². The summed E-state index contributed by atoms with van der Waals surface area (Å²) in [4.78, 5) is 11.3. The van der Waals surface area contributed by atoms with Crippen LogP contribution in [0.15, 0.2) is 30.3 Å². The topological polar surface area (TPSA) is 93.1 Å². The molecule has 0 fully saturated rings. The number of aliphatic hydroxyl groups is 1. The van der Waals surface area contributed by atoms with Crippen LogP contribution in [-0.2, 0) is 18.8 Å². The fourth-order valence-electron chi connectivity index (χ4n) is 5.36. The lowest BCUT2D eigenvalue weighted by Gasteiger charge is -2.39. The second-order valence-electron chi connectivity index (χ2n) is 11.6. The first-order valence-corrected chi connectivity index (χ1v) is 17.7. The van der Waals surface area contributed by atoms with Gasteiger partial charge >= 0.3 is 5.97 Å². The largest absolute Gasteiger partial charge is 0.479 e. The van der Waals surface area contributed by atoms with E-state index in [-0.39, 0.29) is 12.5 Å². The minimum Gasteiger partial charge on any atom is -0.479 e. The molecule has 2 N–H and O–H groups in total. The maximum Gasteiger partial charge on any atom is 0.348 e. The maximum atomic E-state index is 12.5. The van der Waals surface area contributed by atoms with Gasteiger partial charge in [-0.15, -0.1) is 12.6 Å². The Morgan fingerprint density at radius 2 is 1.39 bits per heavy atom. The van der Waals surface area contributed by atoms with Gasteiger partial charge in [0.05, 0.1) is 0 Å². The number of hydrogen-bond acceptors (Lipinski definition) is 6. The summed E-state index contributed by atoms with van der Waals surface area (Å²) in [5.41, 5.74) is 1.26. The fourth-order valence-corrected chi connectivity index (χ4v) is 6.48. The summed E-state index contributed by atoms with van der Waals surface area (Å²) in [6, 6.07) is 10.5. The number of carboxylic acid groups (broad SMARTS) is 1. The highest BCUT2D eigenvalue weighted by atomic mass is 32.1. The highest BCUT2D eigenvalue weighted by Gasteiger charge is 2.52. The molecule has 5 atom stereocenters. The Morgan fingerprint density at radius 1 is 0.829 bits per heavy atom. The maximum absolute atomic E-state index is 12.5. The number of carboxylic acids is 1. The lowest BCUT2D eigenvalue weighted by molar-refractivity contribution is -0.227. The van der Waals surface area contributed by atoms with Crippen molar-refractivity contribution in [2.75, 3.05) is 6.61 Å². The summed E-state index contributed by atoms with van der Waals surface area (Å²) in [5.74, 6) is -1.19. The predicted molar refractivity (Wildman–Crippen MR) is 175 cm³/mol. The normalized spacial score (nSPS) is 16.4. The Morgan fingerprint density at radius 3 is 1.93 bits per heavy atom. The molecule has 1 rings (SSSR count). The van der Waals surface area contributed by atoms with E-state index in [1.165, 1.54) is 63.4 Å². The van der Waals surface area contributed by atoms with Crippen molar-refractivity contribution in [3.8, 4) is 0 Å². The Bertz CT molecular complexity index is 812. The summed E-state index contributed by atoms with van der Waals surface area (Å²) >= 11 is 4.96. The first kappa shape index (κ1) is 38.2. The van der Waals surface area contributed by atoms with Crippen molar-refractivity contribution >= 4 is 27.1 Å². The van der Waals surface area contributed by atoms with Crippen LogP contribution in [0, 0.1) is 0 Å². The average molecular weight is 615 g/mol. The van der Waals surface area contributed by atoms with Gasteiger partial charge in [0.15, 0.2) is 0 Å². The third kappa shape index (κ3) is 14.9. The van der Waals surface area contributed by atoms with Crippen LogP contribution in [-0.4, -0.2) is 39.4 Å². The fraction of sp³-hybridized carbons (Fsp3) is 0.788. The van der Waals surface area contributed by atoms with E-state index >= 15 is 0 Å². The summed E-state index contributed by atoms with van der Waals surface area (Å²) in [7, 11) is -2.04. The van der Waals surface area contributed by atoms with Gasteiger partial charge in [0.25, 0.3) is 5.34 Å². The van der Waals surface area contributed by atoms with E-state index in [0.29, 0.717) is 19.3 Å². The number of aliphatic hydroxyl groups excluding tert-OH is 1. The van der Waals surface area contributed by atoms with Crippen LogP contribution in [0.5, 0.6) is 0 Å². The molecule has 238 valence electrons. The van der Waals surface area contributed by atoms with Crippen LogP contribution in [0.25, 0.3) is 0 Å². The third-order valence-electron chi connectivity index (χ3n) is 7.95. The molecule has 0 aliphatic carbocycles. The molecular formula is C33H59O6PS. The number of benzene rings is 1. The highest BCUT2D eigenvalue weighted by Crippen LogP contribution is 2.43. The molecule has 0 saturated carbocycles. The summed E-state index contributed by atoms with van der Waals surface area (Å²) in [5, 5.41) is 18.5. The van der Waals surface area contributed by atoms with Crippen LogP contribution < -0.4 is 0 Å². The van der Waals surface area contributed by atoms with Gasteiger partial charge in [-0.05, 0) is 50.0 Å². The SMILES string of the molecule is CCCCCCCCCC(S)(CCC(CCCCCCCC)c1ccccc1)OC([PH2]=O)(C(=O)O)C(O)OCCC. The Balaban J connectivity index is 3.08. The number of rotatable bonds is 27. The number of hydrogen-bond donors (Lipinski definition) is 3. The molecule has 0 radical (unpaired) electrons. The zero-order chi connectivity index (χ0) is 30.4. The Hall–Kier alpha value is -0.850. The Kier molecular flexibility index (Phi) is 21.1. The van der Waals surface area contributed by atoms with Crippen LogP contribution >= 0.6 is 21.1 Å². The first-order chi connectivity index (χ1) is 19.8. The van der Waals surface area contributed by atoms with Gasteiger partial charge in [-0.1, -0.05) is 128 Å². The number of unbranched alkanes of at least 4 members (excludes halogenated alkanes) is 11. The van der Waals surface area contributed by atoms with Crippen LogP contribution in [0.1, 0.15) is 148 Å². The Labute approximate surface area is 257 Å². The van der Waals surface area contributed by atoms with E-state index in [4.69, 9.17) is 22.1 Å². The van der Waals surface area contributed by atoms with Crippen molar-refractivity contribution in [1.29, 1.82) is 0 Å². The van der Waals surface area contributed by atoms with Crippen molar-refractivity contribution in [3.63, 3.8) is 0 Å². The van der Waals surface area contributed by atoms with Crippen molar-refractivity contribution in [2.24, 2.45) is 0 Å². The van der Waals surface area contributed by atoms with Gasteiger partial charge in [0, 0.05) is 6.61 Å². The highest BCUT2D eigenvalue weighted by molar-refractivity contribution is 7.81. The van der Waals surface area contributed by atoms with E-state index in [1.807, 2.05) is 13.0 Å². The lowest BCUT2D eigenvalue weighted by Crippen LogP contribution is -2.53. The van der Waals surface area contributed by atoms with Gasteiger partial charge in [0.2, 0.25) is 6.29 Å². The van der Waals surface area contributed by atoms with Gasteiger partial charge in [-0.25, -0.2) is 4.79 Å². The standard InChI is InChI=1S/C33H59O6PS/c1-4-7-9-11-13-15-20-25-32(41,39-33(40-37,30(34)35)31(36)38-27-6-3)26-24-29(28-21-18-16-19-22-28)23-17-14-12-10-8-5-2/h16,18-19,21-22,29,31,36,41H,4-15,17,20,23-27,40H2,1-3H3,(H,34,35). The molecule has 0 aromatic heterocycles. The molecular weight excluding hydrogens is 555 g/mol. The van der Waals surface area contributed by atoms with Gasteiger partial charge in [-0.2, -0.15) is 0 Å². The first-order valence-electron chi connectivity index (χ1n) is 16.2. The zero-order valence-electron chi connectivity index (χ0n) is 26.0. The molecule has 1 aromatic carbocycles. The van der Waals surface area contributed by atoms with E-state index < -0.39 is 31.0 Å². The molecule has 6 nitrogen and oxygen atoms in total. The monoisotopic (exact) mass is 614 g/mol. The molecule has 0 aliphatic heterocycles. The van der Waals surface area contributed by atoms with Crippen molar-refractivity contribution < 1.29 is 29.0 Å². The summed E-state index contributed by atoms with van der Waals surface area (Å²) in [6.07, 6.45) is 16.7. The van der Waals surface area contributed by atoms with E-state index in [0.717, 1.165) is 38.5 Å². The lowest BCUT2D eigenvalue weighted by atomic mass is 9.87. The molecule has 0 bridgehead atoms. The van der Waals surface area contributed by atoms with Gasteiger partial charge < -0.3 is 24.3 Å². The molecule has 0 spiro atoms. The van der Waals surface area contributed by atoms with Crippen LogP contribution in [0.4, 0.5) is 0 Å². The number of aliphatic carboxylic acids is 1. The van der Waals surface area contributed by atoms with Crippen LogP contribution in [0.2, 0.25) is 0 Å². The minimum atomic E-state index is -2.33. The molecule has 0 amide bonds. The summed E-state index contributed by atoms with van der Waals surface area (Å²) in [6.45, 7) is 6.43. The molecule has 1 aromatic rings. The van der Waals surface area contributed by atoms with Crippen molar-refractivity contribution in [2.45, 2.75) is 159 Å². The van der Waals surface area contributed by atoms with Gasteiger partial charge in [-0.3, -0.25) is 0 Å². The molecule has 41 heavy (non-hydrogen) atoms. The molecule has 8 heteroatoms. The van der Waals surface area contributed by atoms with Crippen molar-refractivity contribution in [3.05, 3.63) is 35.9 Å². The second kappa shape index (κ2) is 22.7. The van der Waals surface area contributed by atoms with E-state index in [1.54, 1.807) is 0 Å². The predicted octanol–water partition coefficient (Wildman–Crippen LogP) is 9.37. The quantitative estimate of drug-likeness (QED) is 0.0396. The molecule has 0 heterocycles. The van der Waals surface area contributed by atoms with E-state index in [2.05, 4.69) is 38.1 Å². The molecule has 0 aliphatic rings. The second-order valence-corrected chi connectivity index (χ2v) is 13.5. The van der Waals surface area contributed by atoms with E-state index in [9.17, 15) is 19.6 Å². The van der Waals surface area contributed by atoms with Crippen LogP contribution in [0.3, 0.4) is 0 Å². The van der Waals surface area contributed by atoms with Crippen molar-refractivity contribution in [1.82, 2.24) is 0 Å². The third-order valence-corrected chi connectivity index (χ3v) is 9.49. The number of thiol groups is 1. The molecule has 5 unspecified atom stereocenters. The number of ether oxygens (including phenoxy) is 2. The minimum absolute atomic E-state index is 0.144. The summed E-state index contributed by atoms with van der Waals surface area (Å²) < 4.78 is 24.0. The number of carbonyl (C=O) groups is 1. The smallest absolute Gasteiger partial charge is 0.348 e. The average Bonchev–Trinajstić information content (AvgIpc) is 2.97.